The number of carbonyl (C=O) groups is 1. The number of H-pyrrole nitrogens is 1. The van der Waals surface area contributed by atoms with Crippen molar-refractivity contribution in [2.45, 2.75) is 44.8 Å². The van der Waals surface area contributed by atoms with E-state index in [1.54, 1.807) is 35.2 Å². The minimum absolute atomic E-state index is 0.267. The number of hydrogen-bond acceptors (Lipinski definition) is 6. The maximum absolute atomic E-state index is 13.9. The van der Waals surface area contributed by atoms with E-state index in [1.165, 1.54) is 0 Å². The molecule has 222 valence electrons. The van der Waals surface area contributed by atoms with Crippen LogP contribution < -0.4 is 19.8 Å². The van der Waals surface area contributed by atoms with E-state index in [0.717, 1.165) is 16.5 Å². The maximum atomic E-state index is 13.9. The highest BCUT2D eigenvalue weighted by atomic mass is 32.2. The highest BCUT2D eigenvalue weighted by Crippen LogP contribution is 2.48. The first-order chi connectivity index (χ1) is 20.7. The zero-order chi connectivity index (χ0) is 30.4. The Hall–Kier alpha value is -4.57. The zero-order valence-corrected chi connectivity index (χ0v) is 25.1. The van der Waals surface area contributed by atoms with Crippen molar-refractivity contribution in [2.24, 2.45) is 0 Å². The molecule has 2 heterocycles. The Morgan fingerprint density at radius 1 is 0.977 bits per heavy atom. The number of benzene rings is 3. The monoisotopic (exact) mass is 599 g/mol. The van der Waals surface area contributed by atoms with Gasteiger partial charge in [0.2, 0.25) is 15.9 Å². The van der Waals surface area contributed by atoms with E-state index in [1.807, 2.05) is 63.2 Å². The van der Waals surface area contributed by atoms with Gasteiger partial charge in [-0.25, -0.2) is 8.42 Å². The number of carbonyl (C=O) groups excluding carboxylic acids is 1. The molecular weight excluding hydrogens is 566 g/mol. The summed E-state index contributed by atoms with van der Waals surface area (Å²) in [7, 11) is -3.96. The number of pyridine rings is 1. The molecule has 1 aliphatic rings. The van der Waals surface area contributed by atoms with Crippen molar-refractivity contribution in [1.29, 1.82) is 0 Å². The number of ether oxygens (including phenoxy) is 2. The van der Waals surface area contributed by atoms with Crippen LogP contribution in [0, 0.1) is 6.92 Å². The quantitative estimate of drug-likeness (QED) is 0.226. The molecule has 2 N–H and O–H groups in total. The van der Waals surface area contributed by atoms with Crippen LogP contribution in [0.15, 0.2) is 77.9 Å². The van der Waals surface area contributed by atoms with Crippen LogP contribution in [-0.4, -0.2) is 37.1 Å². The minimum Gasteiger partial charge on any atom is -0.492 e. The summed E-state index contributed by atoms with van der Waals surface area (Å²) in [5.74, 6) is 0.179. The lowest BCUT2D eigenvalue weighted by Gasteiger charge is -2.16. The Labute approximate surface area is 249 Å². The van der Waals surface area contributed by atoms with Gasteiger partial charge in [0.05, 0.1) is 46.4 Å². The summed E-state index contributed by atoms with van der Waals surface area (Å²) >= 11 is 0. The molecule has 2 aromatic heterocycles. The highest BCUT2D eigenvalue weighted by molar-refractivity contribution is 7.89. The SMILES string of the molecule is CCOc1c2cn(-c3ccc(CS(=O)(=O)NC(=O)C4(c5ccccc5)CC4)cc3C)c(=O)c2c(OCC)c2ccc[nH]c12. The van der Waals surface area contributed by atoms with E-state index < -0.39 is 21.3 Å². The van der Waals surface area contributed by atoms with Crippen molar-refractivity contribution in [1.82, 2.24) is 14.3 Å². The molecular formula is C33H33N3O6S. The van der Waals surface area contributed by atoms with Gasteiger partial charge in [-0.15, -0.1) is 0 Å². The number of rotatable bonds is 10. The first-order valence-electron chi connectivity index (χ1n) is 14.3. The van der Waals surface area contributed by atoms with Crippen LogP contribution in [0.25, 0.3) is 27.4 Å². The Morgan fingerprint density at radius 3 is 2.37 bits per heavy atom. The molecule has 1 aliphatic carbocycles. The van der Waals surface area contributed by atoms with E-state index >= 15 is 0 Å². The van der Waals surface area contributed by atoms with Gasteiger partial charge < -0.3 is 14.5 Å². The first-order valence-corrected chi connectivity index (χ1v) is 16.0. The molecule has 1 amide bonds. The van der Waals surface area contributed by atoms with E-state index in [0.29, 0.717) is 65.1 Å². The van der Waals surface area contributed by atoms with E-state index in [9.17, 15) is 18.0 Å². The molecule has 0 aliphatic heterocycles. The lowest BCUT2D eigenvalue weighted by molar-refractivity contribution is -0.121. The standard InChI is InChI=1S/C33H33N3O6S/c1-4-41-29-24-12-9-17-34-28(24)30(42-5-2)25-19-36(31(37)27(25)29)26-14-13-22(18-21(26)3)20-43(39,40)35-32(38)33(15-16-33)23-10-7-6-8-11-23/h6-14,17-19,34H,4-5,15-16,20H2,1-3H3,(H,35,38). The molecule has 1 saturated carbocycles. The van der Waals surface area contributed by atoms with Crippen LogP contribution in [0.5, 0.6) is 11.5 Å². The first kappa shape index (κ1) is 28.5. The lowest BCUT2D eigenvalue weighted by Crippen LogP contribution is -2.39. The van der Waals surface area contributed by atoms with Gasteiger partial charge in [-0.05, 0) is 68.5 Å². The molecule has 0 atom stereocenters. The number of nitrogens with one attached hydrogen (secondary N) is 2. The molecule has 43 heavy (non-hydrogen) atoms. The normalized spacial score (nSPS) is 14.1. The van der Waals surface area contributed by atoms with Crippen molar-refractivity contribution < 1.29 is 22.7 Å². The molecule has 0 saturated heterocycles. The van der Waals surface area contributed by atoms with E-state index in [2.05, 4.69) is 9.71 Å². The van der Waals surface area contributed by atoms with Gasteiger partial charge >= 0.3 is 0 Å². The topological polar surface area (TPSA) is 119 Å². The van der Waals surface area contributed by atoms with Crippen LogP contribution in [0.1, 0.15) is 43.4 Å². The number of hydrogen-bond donors (Lipinski definition) is 2. The Kier molecular flexibility index (Phi) is 7.25. The summed E-state index contributed by atoms with van der Waals surface area (Å²) in [6, 6.07) is 18.1. The average molecular weight is 600 g/mol. The predicted octanol–water partition coefficient (Wildman–Crippen LogP) is 5.26. The van der Waals surface area contributed by atoms with E-state index in [4.69, 9.17) is 9.47 Å². The fourth-order valence-electron chi connectivity index (χ4n) is 5.83. The van der Waals surface area contributed by atoms with Crippen molar-refractivity contribution in [3.63, 3.8) is 0 Å². The third kappa shape index (κ3) is 5.05. The molecule has 3 aromatic carbocycles. The van der Waals surface area contributed by atoms with Gasteiger partial charge in [-0.1, -0.05) is 42.5 Å². The molecule has 6 rings (SSSR count). The third-order valence-electron chi connectivity index (χ3n) is 7.97. The maximum Gasteiger partial charge on any atom is 0.266 e. The van der Waals surface area contributed by atoms with Crippen LogP contribution in [0.3, 0.4) is 0 Å². The Bertz CT molecular complexity index is 2030. The zero-order valence-electron chi connectivity index (χ0n) is 24.3. The summed E-state index contributed by atoms with van der Waals surface area (Å²) in [6.45, 7) is 6.36. The van der Waals surface area contributed by atoms with Crippen molar-refractivity contribution in [2.75, 3.05) is 13.2 Å². The second-order valence-corrected chi connectivity index (χ2v) is 12.6. The summed E-state index contributed by atoms with van der Waals surface area (Å²) < 4.78 is 42.0. The molecule has 5 aromatic rings. The summed E-state index contributed by atoms with van der Waals surface area (Å²) in [5.41, 5.74) is 2.30. The minimum atomic E-state index is -3.96. The van der Waals surface area contributed by atoms with Gasteiger partial charge in [-0.3, -0.25) is 18.9 Å². The second-order valence-electron chi connectivity index (χ2n) is 10.8. The fraction of sp³-hybridized carbons (Fsp3) is 0.273. The van der Waals surface area contributed by atoms with Crippen molar-refractivity contribution >= 4 is 37.6 Å². The Morgan fingerprint density at radius 2 is 1.70 bits per heavy atom. The molecule has 0 unspecified atom stereocenters. The number of fused-ring (bicyclic) bond motifs is 2. The summed E-state index contributed by atoms with van der Waals surface area (Å²) in [6.07, 6.45) is 4.76. The van der Waals surface area contributed by atoms with Gasteiger partial charge in [0.25, 0.3) is 5.56 Å². The number of sulfonamides is 1. The number of aryl methyl sites for hydroxylation is 1. The van der Waals surface area contributed by atoms with Crippen molar-refractivity contribution in [3.05, 3.63) is 100 Å². The molecule has 10 heteroatoms. The van der Waals surface area contributed by atoms with Crippen molar-refractivity contribution in [3.8, 4) is 17.2 Å². The van der Waals surface area contributed by atoms with Crippen LogP contribution in [0.2, 0.25) is 0 Å². The smallest absolute Gasteiger partial charge is 0.266 e. The molecule has 0 radical (unpaired) electrons. The van der Waals surface area contributed by atoms with Crippen LogP contribution >= 0.6 is 0 Å². The molecule has 0 bridgehead atoms. The van der Waals surface area contributed by atoms with Gasteiger partial charge in [0.15, 0.2) is 5.75 Å². The largest absolute Gasteiger partial charge is 0.492 e. The number of amides is 1. The average Bonchev–Trinajstić information content (AvgIpc) is 3.74. The molecule has 9 nitrogen and oxygen atoms in total. The van der Waals surface area contributed by atoms with Gasteiger partial charge in [-0.2, -0.15) is 0 Å². The Balaban J connectivity index is 1.33. The lowest BCUT2D eigenvalue weighted by atomic mass is 9.96. The number of aromatic amines is 1. The van der Waals surface area contributed by atoms with Crippen LogP contribution in [-0.2, 0) is 26.0 Å². The number of aromatic nitrogens is 2. The molecule has 0 spiro atoms. The molecule has 1 fully saturated rings. The van der Waals surface area contributed by atoms with E-state index in [-0.39, 0.29) is 11.3 Å². The second kappa shape index (κ2) is 10.9. The predicted molar refractivity (Wildman–Crippen MR) is 167 cm³/mol. The summed E-state index contributed by atoms with van der Waals surface area (Å²) in [5, 5.41) is 1.78. The highest BCUT2D eigenvalue weighted by Gasteiger charge is 2.52. The summed E-state index contributed by atoms with van der Waals surface area (Å²) in [4.78, 5) is 30.2. The van der Waals surface area contributed by atoms with Gasteiger partial charge in [0, 0.05) is 17.8 Å². The fourth-order valence-corrected chi connectivity index (χ4v) is 7.00. The number of nitrogens with zero attached hydrogens (tertiary/aromatic N) is 1. The van der Waals surface area contributed by atoms with Crippen LogP contribution in [0.4, 0.5) is 0 Å². The third-order valence-corrected chi connectivity index (χ3v) is 9.18. The van der Waals surface area contributed by atoms with Gasteiger partial charge in [0.1, 0.15) is 5.75 Å².